The lowest BCUT2D eigenvalue weighted by Gasteiger charge is -2.30. The third-order valence-corrected chi connectivity index (χ3v) is 5.86. The number of hydrogen-bond acceptors (Lipinski definition) is 0. The maximum Gasteiger partial charge on any atom is 0.0429 e. The summed E-state index contributed by atoms with van der Waals surface area (Å²) in [4.78, 5) is 0.494. The van der Waals surface area contributed by atoms with Gasteiger partial charge in [0.1, 0.15) is 0 Å². The summed E-state index contributed by atoms with van der Waals surface area (Å²) in [6.45, 7) is 4.39. The van der Waals surface area contributed by atoms with E-state index in [4.69, 9.17) is 0 Å². The van der Waals surface area contributed by atoms with Crippen LogP contribution >= 0.6 is 15.9 Å². The minimum atomic E-state index is 0.494. The van der Waals surface area contributed by atoms with E-state index in [1.807, 2.05) is 0 Å². The maximum atomic E-state index is 3.94. The van der Waals surface area contributed by atoms with Crippen LogP contribution in [0.15, 0.2) is 42.5 Å². The van der Waals surface area contributed by atoms with E-state index in [0.29, 0.717) is 10.7 Å². The van der Waals surface area contributed by atoms with Gasteiger partial charge in [0, 0.05) is 4.83 Å². The molecule has 2 aromatic carbocycles. The van der Waals surface area contributed by atoms with Crippen LogP contribution in [0.5, 0.6) is 0 Å². The van der Waals surface area contributed by atoms with Gasteiger partial charge in [-0.15, -0.1) is 0 Å². The number of fused-ring (bicyclic) bond motifs is 1. The van der Waals surface area contributed by atoms with Crippen molar-refractivity contribution in [3.63, 3.8) is 0 Å². The molecule has 0 amide bonds. The van der Waals surface area contributed by atoms with E-state index in [1.165, 1.54) is 47.1 Å². The molecule has 0 aliphatic heterocycles. The first-order valence-corrected chi connectivity index (χ1v) is 8.34. The zero-order chi connectivity index (χ0) is 14.1. The number of halogens is 1. The molecule has 0 bridgehead atoms. The largest absolute Gasteiger partial charge is 0.0836 e. The molecule has 1 aliphatic rings. The van der Waals surface area contributed by atoms with Crippen molar-refractivity contribution in [3.05, 3.63) is 70.3 Å². The Morgan fingerprint density at radius 2 is 1.85 bits per heavy atom. The third-order valence-electron chi connectivity index (χ3n) is 4.62. The molecule has 2 aromatic rings. The molecule has 0 aromatic heterocycles. The second kappa shape index (κ2) is 5.73. The molecule has 1 heteroatoms. The van der Waals surface area contributed by atoms with Crippen LogP contribution in [0, 0.1) is 19.8 Å². The summed E-state index contributed by atoms with van der Waals surface area (Å²) >= 11 is 3.94. The van der Waals surface area contributed by atoms with Gasteiger partial charge in [-0.25, -0.2) is 0 Å². The monoisotopic (exact) mass is 328 g/mol. The van der Waals surface area contributed by atoms with Gasteiger partial charge in [-0.1, -0.05) is 58.4 Å². The molecule has 0 N–H and O–H groups in total. The first kappa shape index (κ1) is 13.9. The zero-order valence-corrected chi connectivity index (χ0v) is 13.8. The highest BCUT2D eigenvalue weighted by Gasteiger charge is 2.27. The fourth-order valence-electron chi connectivity index (χ4n) is 3.21. The van der Waals surface area contributed by atoms with E-state index in [9.17, 15) is 0 Å². The minimum Gasteiger partial charge on any atom is -0.0836 e. The lowest BCUT2D eigenvalue weighted by Crippen LogP contribution is -2.18. The normalized spacial score (nSPS) is 21.6. The average Bonchev–Trinajstić information content (AvgIpc) is 2.46. The Labute approximate surface area is 130 Å². The first-order chi connectivity index (χ1) is 9.65. The molecule has 0 saturated carbocycles. The summed E-state index contributed by atoms with van der Waals surface area (Å²) < 4.78 is 0. The van der Waals surface area contributed by atoms with Crippen molar-refractivity contribution in [3.8, 4) is 0 Å². The van der Waals surface area contributed by atoms with Crippen LogP contribution in [0.2, 0.25) is 0 Å². The molecule has 0 heterocycles. The summed E-state index contributed by atoms with van der Waals surface area (Å²) in [6.07, 6.45) is 3.67. The van der Waals surface area contributed by atoms with Crippen molar-refractivity contribution < 1.29 is 0 Å². The average molecular weight is 329 g/mol. The van der Waals surface area contributed by atoms with Crippen molar-refractivity contribution in [1.82, 2.24) is 0 Å². The minimum absolute atomic E-state index is 0.494. The molecule has 0 spiro atoms. The SMILES string of the molecule is Cc1ccc(CC2CCc3ccccc3C2Br)cc1C. The van der Waals surface area contributed by atoms with Crippen LogP contribution in [0.4, 0.5) is 0 Å². The highest BCUT2D eigenvalue weighted by molar-refractivity contribution is 9.09. The van der Waals surface area contributed by atoms with Gasteiger partial charge in [0.05, 0.1) is 0 Å². The Balaban J connectivity index is 1.81. The van der Waals surface area contributed by atoms with Crippen LogP contribution in [-0.4, -0.2) is 0 Å². The number of aryl methyl sites for hydroxylation is 3. The maximum absolute atomic E-state index is 3.94. The van der Waals surface area contributed by atoms with Crippen molar-refractivity contribution in [2.45, 2.75) is 37.9 Å². The Hall–Kier alpha value is -1.08. The lowest BCUT2D eigenvalue weighted by molar-refractivity contribution is 0.452. The molecule has 0 fully saturated rings. The van der Waals surface area contributed by atoms with Gasteiger partial charge in [0.2, 0.25) is 0 Å². The van der Waals surface area contributed by atoms with E-state index in [1.54, 1.807) is 0 Å². The van der Waals surface area contributed by atoms with E-state index in [-0.39, 0.29) is 0 Å². The van der Waals surface area contributed by atoms with E-state index in [2.05, 4.69) is 72.2 Å². The molecule has 2 atom stereocenters. The Bertz CT molecular complexity index is 615. The van der Waals surface area contributed by atoms with Gasteiger partial charge in [-0.3, -0.25) is 0 Å². The van der Waals surface area contributed by atoms with Crippen LogP contribution in [-0.2, 0) is 12.8 Å². The first-order valence-electron chi connectivity index (χ1n) is 7.43. The van der Waals surface area contributed by atoms with Crippen LogP contribution < -0.4 is 0 Å². The van der Waals surface area contributed by atoms with Crippen molar-refractivity contribution in [2.75, 3.05) is 0 Å². The molecule has 3 rings (SSSR count). The fraction of sp³-hybridized carbons (Fsp3) is 0.368. The highest BCUT2D eigenvalue weighted by Crippen LogP contribution is 2.42. The van der Waals surface area contributed by atoms with Gasteiger partial charge < -0.3 is 0 Å². The predicted molar refractivity (Wildman–Crippen MR) is 89.5 cm³/mol. The standard InChI is InChI=1S/C19H21Br/c1-13-7-8-15(11-14(13)2)12-17-10-9-16-5-3-4-6-18(16)19(17)20/h3-8,11,17,19H,9-10,12H2,1-2H3. The summed E-state index contributed by atoms with van der Waals surface area (Å²) in [5.74, 6) is 0.701. The zero-order valence-electron chi connectivity index (χ0n) is 12.2. The quantitative estimate of drug-likeness (QED) is 0.634. The molecular weight excluding hydrogens is 308 g/mol. The number of rotatable bonds is 2. The molecule has 0 saturated heterocycles. The molecule has 104 valence electrons. The number of alkyl halides is 1. The highest BCUT2D eigenvalue weighted by atomic mass is 79.9. The summed E-state index contributed by atoms with van der Waals surface area (Å²) in [5.41, 5.74) is 7.28. The molecule has 2 unspecified atom stereocenters. The van der Waals surface area contributed by atoms with Gasteiger partial charge in [-0.2, -0.15) is 0 Å². The van der Waals surface area contributed by atoms with Crippen LogP contribution in [0.25, 0.3) is 0 Å². The van der Waals surface area contributed by atoms with Gasteiger partial charge in [-0.05, 0) is 66.8 Å². The van der Waals surface area contributed by atoms with E-state index in [0.717, 1.165) is 0 Å². The topological polar surface area (TPSA) is 0 Å². The fourth-order valence-corrected chi connectivity index (χ4v) is 4.11. The lowest BCUT2D eigenvalue weighted by atomic mass is 9.80. The molecule has 0 radical (unpaired) electrons. The molecule has 20 heavy (non-hydrogen) atoms. The Morgan fingerprint density at radius 1 is 1.05 bits per heavy atom. The second-order valence-electron chi connectivity index (χ2n) is 6.02. The van der Waals surface area contributed by atoms with Crippen LogP contribution in [0.1, 0.15) is 39.1 Å². The van der Waals surface area contributed by atoms with E-state index < -0.39 is 0 Å². The second-order valence-corrected chi connectivity index (χ2v) is 7.01. The summed E-state index contributed by atoms with van der Waals surface area (Å²) in [5, 5.41) is 0. The van der Waals surface area contributed by atoms with Crippen LogP contribution in [0.3, 0.4) is 0 Å². The van der Waals surface area contributed by atoms with Gasteiger partial charge >= 0.3 is 0 Å². The molecular formula is C19H21Br. The van der Waals surface area contributed by atoms with E-state index >= 15 is 0 Å². The summed E-state index contributed by atoms with van der Waals surface area (Å²) in [7, 11) is 0. The molecule has 0 nitrogen and oxygen atoms in total. The van der Waals surface area contributed by atoms with Crippen molar-refractivity contribution >= 4 is 15.9 Å². The Kier molecular flexibility index (Phi) is 3.98. The Morgan fingerprint density at radius 3 is 2.65 bits per heavy atom. The van der Waals surface area contributed by atoms with Crippen molar-refractivity contribution in [2.24, 2.45) is 5.92 Å². The van der Waals surface area contributed by atoms with Gasteiger partial charge in [0.15, 0.2) is 0 Å². The number of hydrogen-bond donors (Lipinski definition) is 0. The molecule has 1 aliphatic carbocycles. The number of benzene rings is 2. The third kappa shape index (κ3) is 2.69. The van der Waals surface area contributed by atoms with Crippen molar-refractivity contribution in [1.29, 1.82) is 0 Å². The smallest absolute Gasteiger partial charge is 0.0429 e. The predicted octanol–water partition coefficient (Wildman–Crippen LogP) is 5.54. The van der Waals surface area contributed by atoms with Gasteiger partial charge in [0.25, 0.3) is 0 Å². The summed E-state index contributed by atoms with van der Waals surface area (Å²) in [6, 6.07) is 15.8.